The number of ether oxygens (including phenoxy) is 2. The number of hydrogen-bond acceptors (Lipinski definition) is 4. The molecule has 1 unspecified atom stereocenters. The van der Waals surface area contributed by atoms with Gasteiger partial charge in [0.05, 0.1) is 25.9 Å². The second kappa shape index (κ2) is 8.50. The third-order valence-corrected chi connectivity index (χ3v) is 1.14. The molecule has 0 saturated heterocycles. The van der Waals surface area contributed by atoms with Gasteiger partial charge in [-0.1, -0.05) is 5.92 Å². The molecule has 1 atom stereocenters. The summed E-state index contributed by atoms with van der Waals surface area (Å²) in [5.74, 6) is 2.33. The Morgan fingerprint density at radius 1 is 1.42 bits per heavy atom. The Hall–Kier alpha value is -0.600. The van der Waals surface area contributed by atoms with Crippen LogP contribution < -0.4 is 5.73 Å². The third kappa shape index (κ3) is 7.51. The van der Waals surface area contributed by atoms with Crippen LogP contribution in [0.3, 0.4) is 0 Å². The number of nitrogens with two attached hydrogens (primary N) is 1. The fourth-order valence-corrected chi connectivity index (χ4v) is 0.536. The molecule has 0 bridgehead atoms. The molecule has 0 aliphatic carbocycles. The highest BCUT2D eigenvalue weighted by Gasteiger charge is 1.99. The Kier molecular flexibility index (Phi) is 8.07. The second-order valence-corrected chi connectivity index (χ2v) is 2.22. The SMILES string of the molecule is C#CCOCCOCC(O)CN. The zero-order valence-electron chi connectivity index (χ0n) is 7.03. The Balaban J connectivity index is 2.96. The summed E-state index contributed by atoms with van der Waals surface area (Å²) in [6.45, 7) is 1.63. The highest BCUT2D eigenvalue weighted by molar-refractivity contribution is 4.82. The van der Waals surface area contributed by atoms with Gasteiger partial charge < -0.3 is 20.3 Å². The molecule has 0 aromatic carbocycles. The van der Waals surface area contributed by atoms with E-state index in [4.69, 9.17) is 26.7 Å². The lowest BCUT2D eigenvalue weighted by Gasteiger charge is -2.07. The molecule has 0 radical (unpaired) electrons. The quantitative estimate of drug-likeness (QED) is 0.382. The van der Waals surface area contributed by atoms with Crippen LogP contribution in [-0.2, 0) is 9.47 Å². The molecule has 0 amide bonds. The van der Waals surface area contributed by atoms with Crippen molar-refractivity contribution < 1.29 is 14.6 Å². The average molecular weight is 173 g/mol. The molecular formula is C8H15NO3. The molecule has 0 aliphatic heterocycles. The van der Waals surface area contributed by atoms with Gasteiger partial charge in [-0.15, -0.1) is 6.42 Å². The highest BCUT2D eigenvalue weighted by Crippen LogP contribution is 1.83. The van der Waals surface area contributed by atoms with Crippen molar-refractivity contribution in [1.29, 1.82) is 0 Å². The number of rotatable bonds is 7. The summed E-state index contributed by atoms with van der Waals surface area (Å²) in [6.07, 6.45) is 4.36. The number of terminal acetylenes is 1. The van der Waals surface area contributed by atoms with Gasteiger partial charge in [0.15, 0.2) is 0 Å². The predicted molar refractivity (Wildman–Crippen MR) is 45.5 cm³/mol. The molecule has 0 aliphatic rings. The minimum absolute atomic E-state index is 0.214. The Morgan fingerprint density at radius 3 is 2.67 bits per heavy atom. The molecule has 4 heteroatoms. The first-order valence-electron chi connectivity index (χ1n) is 3.78. The van der Waals surface area contributed by atoms with Gasteiger partial charge in [0, 0.05) is 6.54 Å². The smallest absolute Gasteiger partial charge is 0.107 e. The van der Waals surface area contributed by atoms with Crippen LogP contribution in [0.1, 0.15) is 0 Å². The fraction of sp³-hybridized carbons (Fsp3) is 0.750. The van der Waals surface area contributed by atoms with Gasteiger partial charge in [-0.3, -0.25) is 0 Å². The van der Waals surface area contributed by atoms with Crippen LogP contribution in [0.2, 0.25) is 0 Å². The van der Waals surface area contributed by atoms with E-state index in [0.717, 1.165) is 0 Å². The van der Waals surface area contributed by atoms with Crippen molar-refractivity contribution in [3.8, 4) is 12.3 Å². The Bertz CT molecular complexity index is 133. The second-order valence-electron chi connectivity index (χ2n) is 2.22. The highest BCUT2D eigenvalue weighted by atomic mass is 16.5. The van der Waals surface area contributed by atoms with E-state index in [1.54, 1.807) is 0 Å². The lowest BCUT2D eigenvalue weighted by atomic mass is 10.4. The summed E-state index contributed by atoms with van der Waals surface area (Å²) in [7, 11) is 0. The summed E-state index contributed by atoms with van der Waals surface area (Å²) in [5.41, 5.74) is 5.15. The zero-order chi connectivity index (χ0) is 9.23. The van der Waals surface area contributed by atoms with E-state index in [-0.39, 0.29) is 13.2 Å². The summed E-state index contributed by atoms with van der Waals surface area (Å²) in [4.78, 5) is 0. The number of aliphatic hydroxyl groups is 1. The van der Waals surface area contributed by atoms with E-state index in [9.17, 15) is 0 Å². The molecule has 4 nitrogen and oxygen atoms in total. The monoisotopic (exact) mass is 173 g/mol. The molecule has 0 fully saturated rings. The van der Waals surface area contributed by atoms with Crippen LogP contribution >= 0.6 is 0 Å². The number of hydrogen-bond donors (Lipinski definition) is 2. The average Bonchev–Trinajstić information content (AvgIpc) is 2.10. The van der Waals surface area contributed by atoms with Crippen molar-refractivity contribution in [2.24, 2.45) is 5.73 Å². The van der Waals surface area contributed by atoms with Gasteiger partial charge in [-0.2, -0.15) is 0 Å². The van der Waals surface area contributed by atoms with E-state index in [1.807, 2.05) is 0 Å². The van der Waals surface area contributed by atoms with Crippen molar-refractivity contribution in [2.75, 3.05) is 33.0 Å². The summed E-state index contributed by atoms with van der Waals surface area (Å²) >= 11 is 0. The molecule has 0 saturated carbocycles. The Morgan fingerprint density at radius 2 is 2.08 bits per heavy atom. The van der Waals surface area contributed by atoms with Gasteiger partial charge in [0.25, 0.3) is 0 Å². The third-order valence-electron chi connectivity index (χ3n) is 1.14. The van der Waals surface area contributed by atoms with Crippen LogP contribution in [0.25, 0.3) is 0 Å². The van der Waals surface area contributed by atoms with Gasteiger partial charge in [-0.25, -0.2) is 0 Å². The predicted octanol–water partition coefficient (Wildman–Crippen LogP) is -1.03. The molecule has 0 aromatic rings. The topological polar surface area (TPSA) is 64.7 Å². The molecule has 0 aromatic heterocycles. The van der Waals surface area contributed by atoms with Crippen molar-refractivity contribution >= 4 is 0 Å². The van der Waals surface area contributed by atoms with Gasteiger partial charge >= 0.3 is 0 Å². The van der Waals surface area contributed by atoms with Gasteiger partial charge in [0.1, 0.15) is 6.61 Å². The summed E-state index contributed by atoms with van der Waals surface area (Å²) in [5, 5.41) is 8.94. The maximum Gasteiger partial charge on any atom is 0.107 e. The van der Waals surface area contributed by atoms with Crippen LogP contribution in [0.5, 0.6) is 0 Å². The van der Waals surface area contributed by atoms with E-state index in [1.165, 1.54) is 0 Å². The van der Waals surface area contributed by atoms with Gasteiger partial charge in [0.2, 0.25) is 0 Å². The van der Waals surface area contributed by atoms with Crippen LogP contribution in [0.4, 0.5) is 0 Å². The fourth-order valence-electron chi connectivity index (χ4n) is 0.536. The maximum absolute atomic E-state index is 8.94. The minimum atomic E-state index is -0.586. The molecule has 12 heavy (non-hydrogen) atoms. The van der Waals surface area contributed by atoms with Crippen LogP contribution in [0, 0.1) is 12.3 Å². The zero-order valence-corrected chi connectivity index (χ0v) is 7.03. The molecule has 0 heterocycles. The lowest BCUT2D eigenvalue weighted by molar-refractivity contribution is 0.0123. The molecule has 0 spiro atoms. The first kappa shape index (κ1) is 11.4. The summed E-state index contributed by atoms with van der Waals surface area (Å²) < 4.78 is 9.93. The van der Waals surface area contributed by atoms with Crippen LogP contribution in [-0.4, -0.2) is 44.2 Å². The van der Waals surface area contributed by atoms with Crippen molar-refractivity contribution in [3.05, 3.63) is 0 Å². The molecule has 70 valence electrons. The summed E-state index contributed by atoms with van der Waals surface area (Å²) in [6, 6.07) is 0. The van der Waals surface area contributed by atoms with Crippen LogP contribution in [0.15, 0.2) is 0 Å². The van der Waals surface area contributed by atoms with Crippen molar-refractivity contribution in [1.82, 2.24) is 0 Å². The van der Waals surface area contributed by atoms with E-state index < -0.39 is 6.10 Å². The van der Waals surface area contributed by atoms with E-state index in [2.05, 4.69) is 5.92 Å². The first-order valence-corrected chi connectivity index (χ1v) is 3.78. The van der Waals surface area contributed by atoms with E-state index >= 15 is 0 Å². The molecule has 0 rings (SSSR count). The maximum atomic E-state index is 8.94. The molecular weight excluding hydrogens is 158 g/mol. The Labute approximate surface area is 72.7 Å². The standard InChI is InChI=1S/C8H15NO3/c1-2-3-11-4-5-12-7-8(10)6-9/h1,8,10H,3-7,9H2. The first-order chi connectivity index (χ1) is 5.81. The minimum Gasteiger partial charge on any atom is -0.389 e. The lowest BCUT2D eigenvalue weighted by Crippen LogP contribution is -2.25. The van der Waals surface area contributed by atoms with E-state index in [0.29, 0.717) is 19.8 Å². The van der Waals surface area contributed by atoms with Gasteiger partial charge in [-0.05, 0) is 0 Å². The van der Waals surface area contributed by atoms with Crippen molar-refractivity contribution in [3.63, 3.8) is 0 Å². The number of aliphatic hydroxyl groups excluding tert-OH is 1. The largest absolute Gasteiger partial charge is 0.389 e. The van der Waals surface area contributed by atoms with Crippen molar-refractivity contribution in [2.45, 2.75) is 6.10 Å². The normalized spacial score (nSPS) is 12.4. The molecule has 3 N–H and O–H groups in total.